The van der Waals surface area contributed by atoms with Gasteiger partial charge in [-0.15, -0.1) is 0 Å². The number of nitrogens with zero attached hydrogens (tertiary/aromatic N) is 4. The number of aryl methyl sites for hydroxylation is 2. The fourth-order valence-electron chi connectivity index (χ4n) is 3.25. The maximum Gasteiger partial charge on any atom is 0.246 e. The van der Waals surface area contributed by atoms with Crippen LogP contribution in [0.2, 0.25) is 10.0 Å². The van der Waals surface area contributed by atoms with Gasteiger partial charge in [0.2, 0.25) is 15.9 Å². The smallest absolute Gasteiger partial charge is 0.246 e. The van der Waals surface area contributed by atoms with Crippen LogP contribution in [-0.2, 0) is 21.9 Å². The molecule has 10 heteroatoms. The highest BCUT2D eigenvalue weighted by molar-refractivity contribution is 7.89. The van der Waals surface area contributed by atoms with Gasteiger partial charge in [0.15, 0.2) is 0 Å². The van der Waals surface area contributed by atoms with Crippen molar-refractivity contribution in [1.29, 1.82) is 0 Å². The lowest BCUT2D eigenvalue weighted by Crippen LogP contribution is -2.50. The van der Waals surface area contributed by atoms with E-state index >= 15 is 0 Å². The number of halogens is 2. The summed E-state index contributed by atoms with van der Waals surface area (Å²) in [5.74, 6) is -0.162. The van der Waals surface area contributed by atoms with E-state index in [9.17, 15) is 13.2 Å². The van der Waals surface area contributed by atoms with Crippen LogP contribution in [0.1, 0.15) is 17.0 Å². The largest absolute Gasteiger partial charge is 0.337 e. The fraction of sp³-hybridized carbons (Fsp3) is 0.368. The van der Waals surface area contributed by atoms with Gasteiger partial charge in [-0.25, -0.2) is 8.42 Å². The molecule has 1 fully saturated rings. The predicted molar refractivity (Wildman–Crippen MR) is 114 cm³/mol. The first kappa shape index (κ1) is 21.8. The SMILES string of the molecule is Cc1nn(C)c(C)c1/C=C/C(=O)N1CCN(S(=O)(=O)c2cc(Cl)ccc2Cl)CC1. The second kappa shape index (κ2) is 8.47. The van der Waals surface area contributed by atoms with Crippen molar-refractivity contribution in [3.63, 3.8) is 0 Å². The molecule has 0 N–H and O–H groups in total. The first-order valence-electron chi connectivity index (χ1n) is 9.03. The molecule has 156 valence electrons. The maximum absolute atomic E-state index is 12.9. The van der Waals surface area contributed by atoms with Crippen molar-refractivity contribution >= 4 is 45.2 Å². The molecule has 29 heavy (non-hydrogen) atoms. The van der Waals surface area contributed by atoms with Gasteiger partial charge in [0, 0.05) is 55.6 Å². The van der Waals surface area contributed by atoms with Gasteiger partial charge < -0.3 is 4.90 Å². The molecule has 3 rings (SSSR count). The molecule has 7 nitrogen and oxygen atoms in total. The second-order valence-corrected chi connectivity index (χ2v) is 9.60. The highest BCUT2D eigenvalue weighted by Crippen LogP contribution is 2.28. The zero-order valence-electron chi connectivity index (χ0n) is 16.4. The van der Waals surface area contributed by atoms with Gasteiger partial charge in [0.25, 0.3) is 0 Å². The van der Waals surface area contributed by atoms with Crippen molar-refractivity contribution in [3.8, 4) is 0 Å². The Morgan fingerprint density at radius 3 is 2.38 bits per heavy atom. The summed E-state index contributed by atoms with van der Waals surface area (Å²) in [5, 5.41) is 4.75. The Morgan fingerprint density at radius 2 is 1.79 bits per heavy atom. The highest BCUT2D eigenvalue weighted by atomic mass is 35.5. The van der Waals surface area contributed by atoms with Crippen LogP contribution in [0.4, 0.5) is 0 Å². The van der Waals surface area contributed by atoms with E-state index in [1.165, 1.54) is 28.6 Å². The zero-order valence-corrected chi connectivity index (χ0v) is 18.7. The third kappa shape index (κ3) is 4.50. The van der Waals surface area contributed by atoms with Crippen molar-refractivity contribution in [2.24, 2.45) is 7.05 Å². The molecule has 0 radical (unpaired) electrons. The number of rotatable bonds is 4. The van der Waals surface area contributed by atoms with Crippen LogP contribution in [0, 0.1) is 13.8 Å². The number of amides is 1. The molecule has 2 heterocycles. The minimum atomic E-state index is -3.78. The van der Waals surface area contributed by atoms with Gasteiger partial charge in [-0.1, -0.05) is 23.2 Å². The maximum atomic E-state index is 12.9. The zero-order chi connectivity index (χ0) is 21.3. The lowest BCUT2D eigenvalue weighted by atomic mass is 10.2. The molecule has 1 aromatic carbocycles. The van der Waals surface area contributed by atoms with Gasteiger partial charge in [-0.05, 0) is 38.1 Å². The number of carbonyl (C=O) groups is 1. The molecule has 0 saturated carbocycles. The van der Waals surface area contributed by atoms with E-state index in [4.69, 9.17) is 23.2 Å². The van der Waals surface area contributed by atoms with E-state index in [0.717, 1.165) is 17.0 Å². The van der Waals surface area contributed by atoms with Gasteiger partial charge in [-0.2, -0.15) is 9.40 Å². The summed E-state index contributed by atoms with van der Waals surface area (Å²) in [6.45, 7) is 4.80. The number of sulfonamides is 1. The summed E-state index contributed by atoms with van der Waals surface area (Å²) in [5.41, 5.74) is 2.74. The molecule has 1 amide bonds. The monoisotopic (exact) mass is 456 g/mol. The van der Waals surface area contributed by atoms with E-state index < -0.39 is 10.0 Å². The summed E-state index contributed by atoms with van der Waals surface area (Å²) in [7, 11) is -1.92. The van der Waals surface area contributed by atoms with E-state index in [2.05, 4.69) is 5.10 Å². The molecule has 0 unspecified atom stereocenters. The number of hydrogen-bond acceptors (Lipinski definition) is 4. The number of piperazine rings is 1. The van der Waals surface area contributed by atoms with Crippen molar-refractivity contribution < 1.29 is 13.2 Å². The summed E-state index contributed by atoms with van der Waals surface area (Å²) >= 11 is 12.0. The average molecular weight is 457 g/mol. The minimum Gasteiger partial charge on any atom is -0.337 e. The Labute approximate surface area is 180 Å². The van der Waals surface area contributed by atoms with Gasteiger partial charge in [0.05, 0.1) is 10.7 Å². The molecular weight excluding hydrogens is 435 g/mol. The lowest BCUT2D eigenvalue weighted by Gasteiger charge is -2.33. The lowest BCUT2D eigenvalue weighted by molar-refractivity contribution is -0.127. The molecule has 0 bridgehead atoms. The summed E-state index contributed by atoms with van der Waals surface area (Å²) in [4.78, 5) is 14.1. The van der Waals surface area contributed by atoms with Gasteiger partial charge in [0.1, 0.15) is 4.90 Å². The predicted octanol–water partition coefficient (Wildman–Crippen LogP) is 2.89. The Balaban J connectivity index is 1.67. The molecule has 0 aliphatic carbocycles. The quantitative estimate of drug-likeness (QED) is 0.662. The van der Waals surface area contributed by atoms with Crippen LogP contribution >= 0.6 is 23.2 Å². The Bertz CT molecular complexity index is 1070. The highest BCUT2D eigenvalue weighted by Gasteiger charge is 2.31. The van der Waals surface area contributed by atoms with E-state index in [-0.39, 0.29) is 28.9 Å². The standard InChI is InChI=1S/C19H22Cl2N4O3S/c1-13-16(14(2)23(3)22-13)5-7-19(26)24-8-10-25(11-9-24)29(27,28)18-12-15(20)4-6-17(18)21/h4-7,12H,8-11H2,1-3H3/b7-5+. The number of aromatic nitrogens is 2. The molecule has 2 aromatic rings. The molecule has 1 aliphatic rings. The van der Waals surface area contributed by atoms with Crippen molar-refractivity contribution in [2.45, 2.75) is 18.7 Å². The third-order valence-corrected chi connectivity index (χ3v) is 7.63. The Morgan fingerprint density at radius 1 is 1.14 bits per heavy atom. The summed E-state index contributed by atoms with van der Waals surface area (Å²) in [6, 6.07) is 4.35. The second-order valence-electron chi connectivity index (χ2n) is 6.85. The minimum absolute atomic E-state index is 0.0196. The van der Waals surface area contributed by atoms with Crippen LogP contribution in [-0.4, -0.2) is 59.5 Å². The van der Waals surface area contributed by atoms with E-state index in [0.29, 0.717) is 18.1 Å². The van der Waals surface area contributed by atoms with E-state index in [1.807, 2.05) is 20.9 Å². The van der Waals surface area contributed by atoms with E-state index in [1.54, 1.807) is 15.7 Å². The summed E-state index contributed by atoms with van der Waals surface area (Å²) < 4.78 is 28.9. The number of carbonyl (C=O) groups excluding carboxylic acids is 1. The van der Waals surface area contributed by atoms with Crippen LogP contribution in [0.15, 0.2) is 29.2 Å². The van der Waals surface area contributed by atoms with Crippen molar-refractivity contribution in [3.05, 3.63) is 51.3 Å². The molecule has 1 aliphatic heterocycles. The molecule has 0 atom stereocenters. The fourth-order valence-corrected chi connectivity index (χ4v) is 5.41. The molecule has 0 spiro atoms. The van der Waals surface area contributed by atoms with Crippen LogP contribution in [0.5, 0.6) is 0 Å². The van der Waals surface area contributed by atoms with Crippen molar-refractivity contribution in [2.75, 3.05) is 26.2 Å². The van der Waals surface area contributed by atoms with Crippen LogP contribution in [0.3, 0.4) is 0 Å². The number of hydrogen-bond donors (Lipinski definition) is 0. The number of benzene rings is 1. The van der Waals surface area contributed by atoms with Crippen molar-refractivity contribution in [1.82, 2.24) is 19.0 Å². The topological polar surface area (TPSA) is 75.5 Å². The Hall–Kier alpha value is -1.87. The Kier molecular flexibility index (Phi) is 6.38. The van der Waals surface area contributed by atoms with Crippen LogP contribution < -0.4 is 0 Å². The van der Waals surface area contributed by atoms with Gasteiger partial charge in [-0.3, -0.25) is 9.48 Å². The average Bonchev–Trinajstić information content (AvgIpc) is 2.93. The van der Waals surface area contributed by atoms with Gasteiger partial charge >= 0.3 is 0 Å². The molecule has 1 aromatic heterocycles. The molecular formula is C19H22Cl2N4O3S. The first-order valence-corrected chi connectivity index (χ1v) is 11.2. The summed E-state index contributed by atoms with van der Waals surface area (Å²) in [6.07, 6.45) is 3.27. The first-order chi connectivity index (χ1) is 13.6. The van der Waals surface area contributed by atoms with Crippen LogP contribution in [0.25, 0.3) is 6.08 Å². The third-order valence-electron chi connectivity index (χ3n) is 5.02. The normalized spacial score (nSPS) is 16.0. The molecule has 1 saturated heterocycles.